The van der Waals surface area contributed by atoms with E-state index in [2.05, 4.69) is 0 Å². The Morgan fingerprint density at radius 1 is 1.33 bits per heavy atom. The van der Waals surface area contributed by atoms with Crippen LogP contribution in [0.4, 0.5) is 0 Å². The highest BCUT2D eigenvalue weighted by Gasteiger charge is 2.59. The molecule has 4 atom stereocenters. The molecule has 0 aliphatic heterocycles. The number of hydrogen-bond donors (Lipinski definition) is 0. The first kappa shape index (κ1) is 17.4. The van der Waals surface area contributed by atoms with Gasteiger partial charge in [-0.25, -0.2) is 0 Å². The summed E-state index contributed by atoms with van der Waals surface area (Å²) >= 11 is 0. The van der Waals surface area contributed by atoms with Crippen molar-refractivity contribution in [2.45, 2.75) is 71.8 Å². The van der Waals surface area contributed by atoms with Gasteiger partial charge in [0.1, 0.15) is 11.4 Å². The Morgan fingerprint density at radius 2 is 2.04 bits per heavy atom. The molecule has 1 unspecified atom stereocenters. The highest BCUT2D eigenvalue weighted by Crippen LogP contribution is 2.62. The molecule has 4 heteroatoms. The first-order valence-corrected chi connectivity index (χ1v) is 9.04. The minimum atomic E-state index is -0.564. The topological polar surface area (TPSA) is 60.4 Å². The Kier molecular flexibility index (Phi) is 4.01. The summed E-state index contributed by atoms with van der Waals surface area (Å²) in [6.07, 6.45) is 7.70. The SMILES string of the molecule is CC(C)(C)OC(=O)CC[C@]1(C)C(=O)C=C[C@@]23CC[C@@H](CC21)C(=O)C3. The Morgan fingerprint density at radius 3 is 2.67 bits per heavy atom. The second kappa shape index (κ2) is 5.53. The van der Waals surface area contributed by atoms with Gasteiger partial charge < -0.3 is 4.74 Å². The molecule has 0 amide bonds. The van der Waals surface area contributed by atoms with E-state index in [1.807, 2.05) is 33.8 Å². The summed E-state index contributed by atoms with van der Waals surface area (Å²) in [6.45, 7) is 7.53. The van der Waals surface area contributed by atoms with Crippen molar-refractivity contribution in [2.75, 3.05) is 0 Å². The maximum Gasteiger partial charge on any atom is 0.306 e. The molecular weight excluding hydrogens is 304 g/mol. The van der Waals surface area contributed by atoms with E-state index < -0.39 is 11.0 Å². The number of hydrogen-bond acceptors (Lipinski definition) is 4. The van der Waals surface area contributed by atoms with Crippen molar-refractivity contribution < 1.29 is 19.1 Å². The van der Waals surface area contributed by atoms with Crippen molar-refractivity contribution in [1.29, 1.82) is 0 Å². The van der Waals surface area contributed by atoms with Gasteiger partial charge in [0.15, 0.2) is 5.78 Å². The van der Waals surface area contributed by atoms with Crippen LogP contribution in [0.5, 0.6) is 0 Å². The smallest absolute Gasteiger partial charge is 0.306 e. The molecular formula is C20H28O4. The van der Waals surface area contributed by atoms with E-state index in [4.69, 9.17) is 4.74 Å². The molecule has 24 heavy (non-hydrogen) atoms. The molecule has 132 valence electrons. The zero-order valence-electron chi connectivity index (χ0n) is 15.2. The van der Waals surface area contributed by atoms with Gasteiger partial charge >= 0.3 is 5.97 Å². The van der Waals surface area contributed by atoms with Crippen LogP contribution in [0.3, 0.4) is 0 Å². The van der Waals surface area contributed by atoms with Crippen LogP contribution < -0.4 is 0 Å². The van der Waals surface area contributed by atoms with Crippen molar-refractivity contribution in [3.63, 3.8) is 0 Å². The Balaban J connectivity index is 1.79. The van der Waals surface area contributed by atoms with Crippen molar-refractivity contribution >= 4 is 17.5 Å². The van der Waals surface area contributed by atoms with Crippen LogP contribution in [0.2, 0.25) is 0 Å². The van der Waals surface area contributed by atoms with Gasteiger partial charge in [-0.05, 0) is 63.9 Å². The van der Waals surface area contributed by atoms with Gasteiger partial charge in [0, 0.05) is 24.2 Å². The molecule has 0 heterocycles. The number of Topliss-reactive ketones (excluding diaryl/α,β-unsaturated/α-hetero) is 1. The second-order valence-electron chi connectivity index (χ2n) is 9.10. The van der Waals surface area contributed by atoms with Crippen molar-refractivity contribution in [3.05, 3.63) is 12.2 Å². The predicted octanol–water partition coefficient (Wildman–Crippen LogP) is 3.63. The van der Waals surface area contributed by atoms with Crippen LogP contribution in [0.15, 0.2) is 12.2 Å². The number of carbonyl (C=O) groups excluding carboxylic acids is 3. The molecule has 3 fully saturated rings. The van der Waals surface area contributed by atoms with Crippen LogP contribution in [-0.2, 0) is 19.1 Å². The lowest BCUT2D eigenvalue weighted by atomic mass is 9.45. The molecule has 0 aromatic rings. The molecule has 0 aromatic carbocycles. The molecule has 1 spiro atoms. The van der Waals surface area contributed by atoms with Crippen LogP contribution in [0, 0.1) is 22.7 Å². The fourth-order valence-electron chi connectivity index (χ4n) is 5.04. The third-order valence-corrected chi connectivity index (χ3v) is 6.30. The van der Waals surface area contributed by atoms with Gasteiger partial charge in [-0.15, -0.1) is 0 Å². The number of allylic oxidation sites excluding steroid dienone is 2. The summed E-state index contributed by atoms with van der Waals surface area (Å²) in [7, 11) is 0. The maximum atomic E-state index is 12.7. The van der Waals surface area contributed by atoms with Gasteiger partial charge in [0.25, 0.3) is 0 Å². The molecule has 3 saturated carbocycles. The third kappa shape index (κ3) is 2.84. The van der Waals surface area contributed by atoms with Crippen molar-refractivity contribution in [2.24, 2.45) is 22.7 Å². The highest BCUT2D eigenvalue weighted by atomic mass is 16.6. The fraction of sp³-hybridized carbons (Fsp3) is 0.750. The lowest BCUT2D eigenvalue weighted by Crippen LogP contribution is -2.56. The number of fused-ring (bicyclic) bond motifs is 2. The first-order valence-electron chi connectivity index (χ1n) is 9.04. The lowest BCUT2D eigenvalue weighted by molar-refractivity contribution is -0.159. The standard InChI is InChI=1S/C20H28O4/c1-18(2,3)24-17(23)7-8-19(4)15-11-13-5-9-20(15,12-14(13)21)10-6-16(19)22/h6,10,13,15H,5,7-9,11-12H2,1-4H3/t13-,15?,19-,20+/m0/s1. The average Bonchev–Trinajstić information content (AvgIpc) is 2.48. The summed E-state index contributed by atoms with van der Waals surface area (Å²) in [5.74, 6) is 0.475. The van der Waals surface area contributed by atoms with Gasteiger partial charge in [0.05, 0.1) is 0 Å². The van der Waals surface area contributed by atoms with Gasteiger partial charge in [-0.2, -0.15) is 0 Å². The monoisotopic (exact) mass is 332 g/mol. The molecule has 4 aliphatic carbocycles. The lowest BCUT2D eigenvalue weighted by Gasteiger charge is -2.57. The summed E-state index contributed by atoms with van der Waals surface area (Å²) < 4.78 is 5.40. The zero-order chi connectivity index (χ0) is 17.8. The summed E-state index contributed by atoms with van der Waals surface area (Å²) in [6, 6.07) is 0. The van der Waals surface area contributed by atoms with Gasteiger partial charge in [-0.1, -0.05) is 13.0 Å². The Bertz CT molecular complexity index is 612. The summed E-state index contributed by atoms with van der Waals surface area (Å²) in [4.78, 5) is 37.0. The summed E-state index contributed by atoms with van der Waals surface area (Å²) in [5.41, 5.74) is -1.24. The largest absolute Gasteiger partial charge is 0.460 e. The van der Waals surface area contributed by atoms with E-state index in [1.165, 1.54) is 0 Å². The van der Waals surface area contributed by atoms with Crippen molar-refractivity contribution in [1.82, 2.24) is 0 Å². The first-order chi connectivity index (χ1) is 11.1. The number of ketones is 2. The molecule has 0 radical (unpaired) electrons. The molecule has 4 aliphatic rings. The van der Waals surface area contributed by atoms with Crippen LogP contribution >= 0.6 is 0 Å². The zero-order valence-corrected chi connectivity index (χ0v) is 15.2. The van der Waals surface area contributed by atoms with E-state index in [1.54, 1.807) is 6.08 Å². The van der Waals surface area contributed by atoms with E-state index in [-0.39, 0.29) is 35.4 Å². The molecule has 0 saturated heterocycles. The van der Waals surface area contributed by atoms with Gasteiger partial charge in [-0.3, -0.25) is 14.4 Å². The molecule has 4 rings (SSSR count). The molecule has 4 nitrogen and oxygen atoms in total. The number of ether oxygens (including phenoxy) is 1. The number of esters is 1. The van der Waals surface area contributed by atoms with E-state index in [9.17, 15) is 14.4 Å². The minimum Gasteiger partial charge on any atom is -0.460 e. The number of carbonyl (C=O) groups is 3. The highest BCUT2D eigenvalue weighted by molar-refractivity contribution is 5.97. The second-order valence-corrected chi connectivity index (χ2v) is 9.10. The maximum absolute atomic E-state index is 12.7. The molecule has 2 bridgehead atoms. The normalized spacial score (nSPS) is 38.2. The molecule has 0 aromatic heterocycles. The Labute approximate surface area is 144 Å². The Hall–Kier alpha value is -1.45. The van der Waals surface area contributed by atoms with Crippen molar-refractivity contribution in [3.8, 4) is 0 Å². The van der Waals surface area contributed by atoms with E-state index in [0.29, 0.717) is 18.6 Å². The molecule has 0 N–H and O–H groups in total. The number of rotatable bonds is 3. The van der Waals surface area contributed by atoms with E-state index in [0.717, 1.165) is 19.3 Å². The summed E-state index contributed by atoms with van der Waals surface area (Å²) in [5, 5.41) is 0. The van der Waals surface area contributed by atoms with Gasteiger partial charge in [0.2, 0.25) is 0 Å². The predicted molar refractivity (Wildman–Crippen MR) is 90.2 cm³/mol. The van der Waals surface area contributed by atoms with Crippen LogP contribution in [0.1, 0.15) is 66.2 Å². The average molecular weight is 332 g/mol. The van der Waals surface area contributed by atoms with E-state index >= 15 is 0 Å². The fourth-order valence-corrected chi connectivity index (χ4v) is 5.04. The van der Waals surface area contributed by atoms with Crippen LogP contribution in [0.25, 0.3) is 0 Å². The minimum absolute atomic E-state index is 0.0988. The van der Waals surface area contributed by atoms with Crippen LogP contribution in [-0.4, -0.2) is 23.1 Å². The quantitative estimate of drug-likeness (QED) is 0.741. The third-order valence-electron chi connectivity index (χ3n) is 6.30.